The first-order chi connectivity index (χ1) is 8.08. The van der Waals surface area contributed by atoms with Gasteiger partial charge in [0.2, 0.25) is 0 Å². The van der Waals surface area contributed by atoms with Gasteiger partial charge in [0.15, 0.2) is 5.75 Å². The Morgan fingerprint density at radius 2 is 2.35 bits per heavy atom. The van der Waals surface area contributed by atoms with Crippen LogP contribution >= 0.6 is 0 Å². The fourth-order valence-corrected chi connectivity index (χ4v) is 1.13. The molecule has 0 aliphatic carbocycles. The quantitative estimate of drug-likeness (QED) is 0.444. The second-order valence-corrected chi connectivity index (χ2v) is 3.44. The van der Waals surface area contributed by atoms with Crippen LogP contribution in [0.3, 0.4) is 0 Å². The summed E-state index contributed by atoms with van der Waals surface area (Å²) in [6.45, 7) is 5.92. The van der Waals surface area contributed by atoms with Crippen molar-refractivity contribution in [3.05, 3.63) is 46.0 Å². The second kappa shape index (κ2) is 5.66. The van der Waals surface area contributed by atoms with Gasteiger partial charge in [-0.1, -0.05) is 13.5 Å². The maximum absolute atomic E-state index is 10.8. The molecule has 1 rings (SSSR count). The van der Waals surface area contributed by atoms with E-state index in [1.54, 1.807) is 0 Å². The lowest BCUT2D eigenvalue weighted by molar-refractivity contribution is -0.385. The van der Waals surface area contributed by atoms with Crippen LogP contribution in [0.2, 0.25) is 0 Å². The van der Waals surface area contributed by atoms with Crippen LogP contribution < -0.4 is 4.74 Å². The molecule has 0 saturated heterocycles. The standard InChI is InChI=1S/C12H12N2O3/c1-3-9(2)8-17-12-5-4-10(7-13)6-11(12)14(15)16/h4-6H,2-3,8H2,1H3. The van der Waals surface area contributed by atoms with Crippen LogP contribution in [0.25, 0.3) is 0 Å². The Labute approximate surface area is 99.1 Å². The van der Waals surface area contributed by atoms with Crippen molar-refractivity contribution in [2.75, 3.05) is 6.61 Å². The molecule has 0 spiro atoms. The Morgan fingerprint density at radius 1 is 1.65 bits per heavy atom. The first kappa shape index (κ1) is 12.7. The highest BCUT2D eigenvalue weighted by atomic mass is 16.6. The minimum atomic E-state index is -0.565. The smallest absolute Gasteiger partial charge is 0.312 e. The number of nitro benzene ring substituents is 1. The van der Waals surface area contributed by atoms with Crippen molar-refractivity contribution < 1.29 is 9.66 Å². The van der Waals surface area contributed by atoms with Gasteiger partial charge in [-0.25, -0.2) is 0 Å². The monoisotopic (exact) mass is 232 g/mol. The van der Waals surface area contributed by atoms with Crippen LogP contribution in [0.5, 0.6) is 5.75 Å². The molecule has 0 bridgehead atoms. The SMILES string of the molecule is C=C(CC)COc1ccc(C#N)cc1[N+](=O)[O-]. The van der Waals surface area contributed by atoms with Crippen molar-refractivity contribution >= 4 is 5.69 Å². The van der Waals surface area contributed by atoms with E-state index in [2.05, 4.69) is 6.58 Å². The molecule has 0 amide bonds. The van der Waals surface area contributed by atoms with E-state index in [9.17, 15) is 10.1 Å². The third-order valence-electron chi connectivity index (χ3n) is 2.22. The zero-order valence-corrected chi connectivity index (χ0v) is 9.47. The van der Waals surface area contributed by atoms with Gasteiger partial charge in [-0.15, -0.1) is 0 Å². The van der Waals surface area contributed by atoms with Gasteiger partial charge >= 0.3 is 5.69 Å². The predicted molar refractivity (Wildman–Crippen MR) is 62.7 cm³/mol. The summed E-state index contributed by atoms with van der Waals surface area (Å²) in [5.74, 6) is 0.156. The van der Waals surface area contributed by atoms with Crippen LogP contribution in [0.15, 0.2) is 30.4 Å². The van der Waals surface area contributed by atoms with Crippen molar-refractivity contribution in [1.82, 2.24) is 0 Å². The third kappa shape index (κ3) is 3.31. The number of nitriles is 1. The summed E-state index contributed by atoms with van der Waals surface area (Å²) in [4.78, 5) is 10.2. The molecule has 0 radical (unpaired) electrons. The first-order valence-corrected chi connectivity index (χ1v) is 5.06. The highest BCUT2D eigenvalue weighted by Gasteiger charge is 2.16. The van der Waals surface area contributed by atoms with Gasteiger partial charge in [-0.2, -0.15) is 5.26 Å². The highest BCUT2D eigenvalue weighted by Crippen LogP contribution is 2.28. The number of nitro groups is 1. The number of rotatable bonds is 5. The summed E-state index contributed by atoms with van der Waals surface area (Å²) < 4.78 is 5.30. The molecule has 1 aromatic carbocycles. The predicted octanol–water partition coefficient (Wildman–Crippen LogP) is 2.81. The number of hydrogen-bond acceptors (Lipinski definition) is 4. The number of nitrogens with zero attached hydrogens (tertiary/aromatic N) is 2. The molecule has 0 aromatic heterocycles. The van der Waals surface area contributed by atoms with Crippen LogP contribution in [-0.2, 0) is 0 Å². The lowest BCUT2D eigenvalue weighted by Gasteiger charge is -2.07. The average Bonchev–Trinajstić information content (AvgIpc) is 2.35. The van der Waals surface area contributed by atoms with Crippen molar-refractivity contribution in [1.29, 1.82) is 5.26 Å². The van der Waals surface area contributed by atoms with Crippen LogP contribution in [0, 0.1) is 21.4 Å². The summed E-state index contributed by atoms with van der Waals surface area (Å²) >= 11 is 0. The molecule has 0 saturated carbocycles. The molecular weight excluding hydrogens is 220 g/mol. The zero-order chi connectivity index (χ0) is 12.8. The first-order valence-electron chi connectivity index (χ1n) is 5.06. The molecule has 0 heterocycles. The van der Waals surface area contributed by atoms with E-state index in [0.29, 0.717) is 0 Å². The van der Waals surface area contributed by atoms with Gasteiger partial charge in [0.05, 0.1) is 16.6 Å². The van der Waals surface area contributed by atoms with Gasteiger partial charge in [-0.05, 0) is 24.1 Å². The molecule has 5 nitrogen and oxygen atoms in total. The van der Waals surface area contributed by atoms with Gasteiger partial charge < -0.3 is 4.74 Å². The van der Waals surface area contributed by atoms with Gasteiger partial charge in [0.25, 0.3) is 0 Å². The molecule has 0 unspecified atom stereocenters. The Bertz CT molecular complexity index is 489. The number of hydrogen-bond donors (Lipinski definition) is 0. The van der Waals surface area contributed by atoms with E-state index in [0.717, 1.165) is 12.0 Å². The molecular formula is C12H12N2O3. The van der Waals surface area contributed by atoms with E-state index in [4.69, 9.17) is 10.00 Å². The molecule has 0 fully saturated rings. The fraction of sp³-hybridized carbons (Fsp3) is 0.250. The van der Waals surface area contributed by atoms with Crippen molar-refractivity contribution in [2.45, 2.75) is 13.3 Å². The minimum absolute atomic E-state index is 0.156. The summed E-state index contributed by atoms with van der Waals surface area (Å²) in [6, 6.07) is 5.96. The number of benzene rings is 1. The van der Waals surface area contributed by atoms with E-state index < -0.39 is 4.92 Å². The topological polar surface area (TPSA) is 76.2 Å². The maximum atomic E-state index is 10.8. The Morgan fingerprint density at radius 3 is 2.88 bits per heavy atom. The second-order valence-electron chi connectivity index (χ2n) is 3.44. The van der Waals surface area contributed by atoms with Crippen molar-refractivity contribution in [2.24, 2.45) is 0 Å². The molecule has 17 heavy (non-hydrogen) atoms. The summed E-state index contributed by atoms with van der Waals surface area (Å²) in [5, 5.41) is 19.5. The largest absolute Gasteiger partial charge is 0.482 e. The van der Waals surface area contributed by atoms with Gasteiger partial charge in [-0.3, -0.25) is 10.1 Å². The van der Waals surface area contributed by atoms with Crippen LogP contribution in [0.1, 0.15) is 18.9 Å². The molecule has 0 aliphatic heterocycles. The third-order valence-corrected chi connectivity index (χ3v) is 2.22. The van der Waals surface area contributed by atoms with Gasteiger partial charge in [0.1, 0.15) is 6.61 Å². The molecule has 5 heteroatoms. The fourth-order valence-electron chi connectivity index (χ4n) is 1.13. The molecule has 0 N–H and O–H groups in total. The Kier molecular flexibility index (Phi) is 4.23. The molecule has 88 valence electrons. The maximum Gasteiger partial charge on any atom is 0.312 e. The molecule has 0 atom stereocenters. The van der Waals surface area contributed by atoms with E-state index in [1.165, 1.54) is 18.2 Å². The lowest BCUT2D eigenvalue weighted by Crippen LogP contribution is -2.02. The molecule has 1 aromatic rings. The van der Waals surface area contributed by atoms with E-state index >= 15 is 0 Å². The Balaban J connectivity index is 2.95. The van der Waals surface area contributed by atoms with Gasteiger partial charge in [0, 0.05) is 6.07 Å². The summed E-state index contributed by atoms with van der Waals surface area (Å²) in [6.07, 6.45) is 0.754. The Hall–Kier alpha value is -2.35. The highest BCUT2D eigenvalue weighted by molar-refractivity contribution is 5.51. The van der Waals surface area contributed by atoms with Crippen molar-refractivity contribution in [3.63, 3.8) is 0 Å². The minimum Gasteiger partial charge on any atom is -0.482 e. The van der Waals surface area contributed by atoms with E-state index in [1.807, 2.05) is 13.0 Å². The number of ether oxygens (including phenoxy) is 1. The normalized spacial score (nSPS) is 9.41. The zero-order valence-electron chi connectivity index (χ0n) is 9.47. The van der Waals surface area contributed by atoms with Crippen molar-refractivity contribution in [3.8, 4) is 11.8 Å². The van der Waals surface area contributed by atoms with E-state index in [-0.39, 0.29) is 23.6 Å². The lowest BCUT2D eigenvalue weighted by atomic mass is 10.2. The summed E-state index contributed by atoms with van der Waals surface area (Å²) in [5.41, 5.74) is 0.884. The molecule has 0 aliphatic rings. The summed E-state index contributed by atoms with van der Waals surface area (Å²) in [7, 11) is 0. The average molecular weight is 232 g/mol. The van der Waals surface area contributed by atoms with Crippen LogP contribution in [-0.4, -0.2) is 11.5 Å². The van der Waals surface area contributed by atoms with Crippen LogP contribution in [0.4, 0.5) is 5.69 Å².